The Morgan fingerprint density at radius 3 is 1.25 bits per heavy atom. The number of carbonyl (C=O) groups is 2. The van der Waals surface area contributed by atoms with E-state index in [-0.39, 0.29) is 19.4 Å². The fourth-order valence-electron chi connectivity index (χ4n) is 1.55. The van der Waals surface area contributed by atoms with E-state index >= 15 is 0 Å². The van der Waals surface area contributed by atoms with Crippen molar-refractivity contribution in [1.29, 1.82) is 0 Å². The fraction of sp³-hybridized carbons (Fsp3) is 0.750. The monoisotopic (exact) mass is 392 g/mol. The predicted octanol–water partition coefficient (Wildman–Crippen LogP) is 2.72. The maximum atomic E-state index is 11.0. The molecule has 4 heteroatoms. The molecule has 1 rings (SSSR count). The number of halogens is 2. The zero-order chi connectivity index (χ0) is 9.14. The van der Waals surface area contributed by atoms with Gasteiger partial charge in [0.15, 0.2) is 7.58 Å². The fourth-order valence-corrected chi connectivity index (χ4v) is 2.79. The summed E-state index contributed by atoms with van der Waals surface area (Å²) in [4.78, 5) is 22.0. The molecule has 0 atom stereocenters. The molecule has 0 bridgehead atoms. The third-order valence-electron chi connectivity index (χ3n) is 2.37. The Labute approximate surface area is 99.1 Å². The molecule has 0 spiro atoms. The van der Waals surface area contributed by atoms with Crippen LogP contribution in [0.25, 0.3) is 0 Å². The molecule has 0 aromatic heterocycles. The van der Waals surface area contributed by atoms with E-state index in [4.69, 9.17) is 0 Å². The highest BCUT2D eigenvalue weighted by molar-refractivity contribution is 14.1. The molecule has 1 aliphatic carbocycles. The predicted molar refractivity (Wildman–Crippen MR) is 63.5 cm³/mol. The number of carbonyl (C=O) groups excluding carboxylic acids is 2. The molecule has 0 radical (unpaired) electrons. The number of rotatable bonds is 2. The summed E-state index contributed by atoms with van der Waals surface area (Å²) < 4.78 is 0.513. The average molecular weight is 392 g/mol. The Morgan fingerprint density at radius 2 is 1.08 bits per heavy atom. The van der Waals surface area contributed by atoms with Crippen LogP contribution in [0.2, 0.25) is 0 Å². The zero-order valence-corrected chi connectivity index (χ0v) is 10.9. The molecule has 0 aromatic carbocycles. The van der Waals surface area contributed by atoms with Gasteiger partial charge in [0.2, 0.25) is 0 Å². The van der Waals surface area contributed by atoms with E-state index in [9.17, 15) is 9.59 Å². The van der Waals surface area contributed by atoms with Gasteiger partial charge in [0.05, 0.1) is 0 Å². The molecule has 0 aliphatic heterocycles. The van der Waals surface area contributed by atoms with Crippen molar-refractivity contribution in [3.8, 4) is 0 Å². The number of hydrogen-bond donors (Lipinski definition) is 0. The van der Waals surface area contributed by atoms with E-state index in [2.05, 4.69) is 0 Å². The Morgan fingerprint density at radius 1 is 0.833 bits per heavy atom. The van der Waals surface area contributed by atoms with E-state index in [1.165, 1.54) is 0 Å². The summed E-state index contributed by atoms with van der Waals surface area (Å²) in [6, 6.07) is 0. The molecule has 1 saturated carbocycles. The SMILES string of the molecule is O=C(I)C1CCC(C(=O)I)CC1. The van der Waals surface area contributed by atoms with Crippen molar-refractivity contribution < 1.29 is 9.59 Å². The second-order valence-electron chi connectivity index (χ2n) is 3.16. The van der Waals surface area contributed by atoms with E-state index < -0.39 is 0 Å². The first-order valence-corrected chi connectivity index (χ1v) is 6.15. The summed E-state index contributed by atoms with van der Waals surface area (Å²) in [6.07, 6.45) is 3.62. The smallest absolute Gasteiger partial charge is 0.195 e. The lowest BCUT2D eigenvalue weighted by Crippen LogP contribution is -2.21. The molecule has 12 heavy (non-hydrogen) atoms. The summed E-state index contributed by atoms with van der Waals surface area (Å²) in [7, 11) is 0. The van der Waals surface area contributed by atoms with Gasteiger partial charge in [-0.3, -0.25) is 9.59 Å². The van der Waals surface area contributed by atoms with E-state index in [0.717, 1.165) is 25.7 Å². The molecule has 0 heterocycles. The Bertz CT molecular complexity index is 173. The van der Waals surface area contributed by atoms with Crippen LogP contribution in [0.1, 0.15) is 25.7 Å². The molecule has 1 fully saturated rings. The first-order valence-electron chi connectivity index (χ1n) is 4.00. The van der Waals surface area contributed by atoms with Crippen LogP contribution in [0.4, 0.5) is 0 Å². The third kappa shape index (κ3) is 2.93. The summed E-state index contributed by atoms with van der Waals surface area (Å²) in [5.74, 6) is 0.440. The minimum atomic E-state index is 0.220. The molecule has 0 aromatic rings. The molecule has 0 unspecified atom stereocenters. The molecule has 0 saturated heterocycles. The van der Waals surface area contributed by atoms with Crippen molar-refractivity contribution in [3.05, 3.63) is 0 Å². The van der Waals surface area contributed by atoms with Gasteiger partial charge in [-0.2, -0.15) is 0 Å². The van der Waals surface area contributed by atoms with Crippen LogP contribution in [0.5, 0.6) is 0 Å². The van der Waals surface area contributed by atoms with Crippen LogP contribution in [0, 0.1) is 11.8 Å². The van der Waals surface area contributed by atoms with Crippen molar-refractivity contribution in [2.45, 2.75) is 25.7 Å². The van der Waals surface area contributed by atoms with Crippen LogP contribution >= 0.6 is 45.2 Å². The highest BCUT2D eigenvalue weighted by Gasteiger charge is 2.27. The maximum absolute atomic E-state index is 11.0. The third-order valence-corrected chi connectivity index (χ3v) is 4.13. The topological polar surface area (TPSA) is 34.1 Å². The van der Waals surface area contributed by atoms with Gasteiger partial charge in [-0.1, -0.05) is 0 Å². The molecular weight excluding hydrogens is 382 g/mol. The van der Waals surface area contributed by atoms with Gasteiger partial charge >= 0.3 is 0 Å². The van der Waals surface area contributed by atoms with E-state index in [0.29, 0.717) is 0 Å². The highest BCUT2D eigenvalue weighted by atomic mass is 127. The summed E-state index contributed by atoms with van der Waals surface area (Å²) in [5.41, 5.74) is 0. The van der Waals surface area contributed by atoms with Gasteiger partial charge in [-0.25, -0.2) is 0 Å². The zero-order valence-electron chi connectivity index (χ0n) is 6.56. The van der Waals surface area contributed by atoms with Crippen molar-refractivity contribution in [3.63, 3.8) is 0 Å². The second-order valence-corrected chi connectivity index (χ2v) is 5.28. The standard InChI is InChI=1S/C8H10I2O2/c9-7(11)5-1-2-6(4-3-5)8(10)12/h5-6H,1-4H2. The van der Waals surface area contributed by atoms with Gasteiger partial charge in [-0.05, 0) is 70.9 Å². The first-order chi connectivity index (χ1) is 5.61. The van der Waals surface area contributed by atoms with Gasteiger partial charge < -0.3 is 0 Å². The largest absolute Gasteiger partial charge is 0.287 e. The molecule has 0 amide bonds. The molecular formula is C8H10I2O2. The molecule has 0 N–H and O–H groups in total. The van der Waals surface area contributed by atoms with Gasteiger partial charge in [-0.15, -0.1) is 0 Å². The lowest BCUT2D eigenvalue weighted by Gasteiger charge is -2.23. The average Bonchev–Trinajstić information content (AvgIpc) is 2.04. The van der Waals surface area contributed by atoms with Crippen LogP contribution in [0.3, 0.4) is 0 Å². The van der Waals surface area contributed by atoms with Crippen LogP contribution < -0.4 is 0 Å². The van der Waals surface area contributed by atoms with Gasteiger partial charge in [0.25, 0.3) is 0 Å². The minimum absolute atomic E-state index is 0.220. The van der Waals surface area contributed by atoms with Crippen LogP contribution in [-0.4, -0.2) is 7.58 Å². The Kier molecular flexibility index (Phi) is 4.42. The van der Waals surface area contributed by atoms with Crippen molar-refractivity contribution in [1.82, 2.24) is 0 Å². The Hall–Kier alpha value is 0.800. The van der Waals surface area contributed by atoms with Crippen LogP contribution in [-0.2, 0) is 9.59 Å². The number of hydrogen-bond acceptors (Lipinski definition) is 2. The lowest BCUT2D eigenvalue weighted by molar-refractivity contribution is -0.117. The van der Waals surface area contributed by atoms with Gasteiger partial charge in [0.1, 0.15) is 0 Å². The van der Waals surface area contributed by atoms with Crippen LogP contribution in [0.15, 0.2) is 0 Å². The lowest BCUT2D eigenvalue weighted by atomic mass is 9.83. The summed E-state index contributed by atoms with van der Waals surface area (Å²) in [6.45, 7) is 0. The van der Waals surface area contributed by atoms with Crippen molar-refractivity contribution in [2.75, 3.05) is 0 Å². The molecule has 68 valence electrons. The summed E-state index contributed by atoms with van der Waals surface area (Å²) >= 11 is 3.72. The maximum Gasteiger partial charge on any atom is 0.195 e. The molecule has 1 aliphatic rings. The van der Waals surface area contributed by atoms with E-state index in [1.807, 2.05) is 45.2 Å². The normalized spacial score (nSPS) is 29.8. The van der Waals surface area contributed by atoms with Gasteiger partial charge in [0, 0.05) is 11.8 Å². The van der Waals surface area contributed by atoms with E-state index in [1.54, 1.807) is 0 Å². The second kappa shape index (κ2) is 4.88. The molecule has 2 nitrogen and oxygen atoms in total. The minimum Gasteiger partial charge on any atom is -0.287 e. The highest BCUT2D eigenvalue weighted by Crippen LogP contribution is 2.32. The summed E-state index contributed by atoms with van der Waals surface area (Å²) in [5, 5.41) is 0. The quantitative estimate of drug-likeness (QED) is 0.535. The first kappa shape index (κ1) is 10.9. The Balaban J connectivity index is 2.39. The van der Waals surface area contributed by atoms with Crippen molar-refractivity contribution in [2.24, 2.45) is 11.8 Å². The van der Waals surface area contributed by atoms with Crippen molar-refractivity contribution >= 4 is 52.8 Å².